The number of rotatable bonds is 5. The van der Waals surface area contributed by atoms with E-state index in [1.807, 2.05) is 0 Å². The summed E-state index contributed by atoms with van der Waals surface area (Å²) >= 11 is 8.93. The minimum atomic E-state index is -0.541. The molecule has 0 N–H and O–H groups in total. The van der Waals surface area contributed by atoms with Gasteiger partial charge in [-0.15, -0.1) is 0 Å². The molecule has 0 aliphatic carbocycles. The van der Waals surface area contributed by atoms with Gasteiger partial charge in [-0.05, 0) is 15.9 Å². The zero-order valence-electron chi connectivity index (χ0n) is 8.41. The fraction of sp³-hybridized carbons (Fsp3) is 0.333. The quantitative estimate of drug-likeness (QED) is 0.476. The van der Waals surface area contributed by atoms with Crippen LogP contribution in [0.15, 0.2) is 16.6 Å². The smallest absolute Gasteiger partial charge is 0.312 e. The van der Waals surface area contributed by atoms with E-state index in [0.717, 1.165) is 0 Å². The first-order valence-electron chi connectivity index (χ1n) is 4.31. The Bertz CT molecular complexity index is 399. The van der Waals surface area contributed by atoms with Gasteiger partial charge in [0.05, 0.1) is 16.6 Å². The molecule has 0 radical (unpaired) electrons. The van der Waals surface area contributed by atoms with Crippen molar-refractivity contribution >= 4 is 33.2 Å². The molecule has 0 amide bonds. The summed E-state index contributed by atoms with van der Waals surface area (Å²) < 4.78 is 10.6. The molecule has 0 saturated heterocycles. The van der Waals surface area contributed by atoms with E-state index in [4.69, 9.17) is 21.1 Å². The number of nitro groups is 1. The molecule has 0 saturated carbocycles. The van der Waals surface area contributed by atoms with Gasteiger partial charge in [0.2, 0.25) is 0 Å². The van der Waals surface area contributed by atoms with Gasteiger partial charge < -0.3 is 9.47 Å². The Labute approximate surface area is 106 Å². The highest BCUT2D eigenvalue weighted by molar-refractivity contribution is 9.10. The van der Waals surface area contributed by atoms with Gasteiger partial charge in [0.25, 0.3) is 0 Å². The first kappa shape index (κ1) is 13.2. The summed E-state index contributed by atoms with van der Waals surface area (Å²) in [6, 6.07) is 2.71. The highest BCUT2D eigenvalue weighted by atomic mass is 79.9. The van der Waals surface area contributed by atoms with Crippen molar-refractivity contribution in [1.82, 2.24) is 0 Å². The van der Waals surface area contributed by atoms with Gasteiger partial charge in [-0.2, -0.15) is 0 Å². The molecule has 7 heteroatoms. The summed E-state index contributed by atoms with van der Waals surface area (Å²) in [6.45, 7) is 0.600. The van der Waals surface area contributed by atoms with Crippen molar-refractivity contribution < 1.29 is 14.4 Å². The van der Waals surface area contributed by atoms with E-state index >= 15 is 0 Å². The highest BCUT2D eigenvalue weighted by Gasteiger charge is 2.17. The Morgan fingerprint density at radius 3 is 2.75 bits per heavy atom. The number of halogens is 2. The molecule has 1 rings (SSSR count). The first-order valence-corrected chi connectivity index (χ1v) is 5.48. The molecule has 0 unspecified atom stereocenters. The Hall–Kier alpha value is -0.850. The third kappa shape index (κ3) is 3.33. The van der Waals surface area contributed by atoms with Crippen molar-refractivity contribution in [3.63, 3.8) is 0 Å². The van der Waals surface area contributed by atoms with Crippen LogP contribution in [0.4, 0.5) is 5.69 Å². The molecule has 5 nitrogen and oxygen atoms in total. The molecule has 0 bridgehead atoms. The van der Waals surface area contributed by atoms with E-state index in [2.05, 4.69) is 15.9 Å². The first-order chi connectivity index (χ1) is 7.56. The molecule has 0 heterocycles. The Morgan fingerprint density at radius 2 is 2.19 bits per heavy atom. The van der Waals surface area contributed by atoms with Crippen molar-refractivity contribution in [2.75, 3.05) is 20.3 Å². The van der Waals surface area contributed by atoms with Gasteiger partial charge in [0.1, 0.15) is 6.61 Å². The largest absolute Gasteiger partial charge is 0.484 e. The van der Waals surface area contributed by atoms with Gasteiger partial charge in [0.15, 0.2) is 5.75 Å². The molecule has 1 aromatic carbocycles. The second-order valence-electron chi connectivity index (χ2n) is 2.83. The van der Waals surface area contributed by atoms with Crippen molar-refractivity contribution in [3.05, 3.63) is 31.7 Å². The third-order valence-electron chi connectivity index (χ3n) is 1.74. The number of ether oxygens (including phenoxy) is 2. The summed E-state index contributed by atoms with van der Waals surface area (Å²) in [4.78, 5) is 10.2. The third-order valence-corrected chi connectivity index (χ3v) is 2.94. The van der Waals surface area contributed by atoms with E-state index in [1.165, 1.54) is 19.2 Å². The van der Waals surface area contributed by atoms with Crippen molar-refractivity contribution in [2.24, 2.45) is 0 Å². The lowest BCUT2D eigenvalue weighted by atomic mass is 10.3. The summed E-state index contributed by atoms with van der Waals surface area (Å²) in [6.07, 6.45) is 0. The molecular weight excluding hydrogens is 301 g/mol. The number of benzene rings is 1. The van der Waals surface area contributed by atoms with Crippen molar-refractivity contribution in [1.29, 1.82) is 0 Å². The van der Waals surface area contributed by atoms with Gasteiger partial charge in [0, 0.05) is 23.7 Å². The predicted octanol–water partition coefficient (Wildman–Crippen LogP) is 3.04. The molecule has 0 aliphatic heterocycles. The number of nitro benzene ring substituents is 1. The molecule has 1 aromatic rings. The van der Waals surface area contributed by atoms with Crippen LogP contribution in [0.2, 0.25) is 5.02 Å². The summed E-state index contributed by atoms with van der Waals surface area (Å²) in [5, 5.41) is 11.0. The Kier molecular flexibility index (Phi) is 4.98. The van der Waals surface area contributed by atoms with E-state index in [-0.39, 0.29) is 23.1 Å². The topological polar surface area (TPSA) is 61.6 Å². The van der Waals surface area contributed by atoms with Gasteiger partial charge in [-0.3, -0.25) is 10.1 Å². The van der Waals surface area contributed by atoms with E-state index in [1.54, 1.807) is 0 Å². The van der Waals surface area contributed by atoms with Crippen LogP contribution < -0.4 is 4.74 Å². The van der Waals surface area contributed by atoms with Crippen molar-refractivity contribution in [2.45, 2.75) is 0 Å². The second kappa shape index (κ2) is 6.03. The average Bonchev–Trinajstić information content (AvgIpc) is 2.23. The minimum Gasteiger partial charge on any atom is -0.484 e. The average molecular weight is 311 g/mol. The lowest BCUT2D eigenvalue weighted by molar-refractivity contribution is -0.385. The number of hydrogen-bond acceptors (Lipinski definition) is 4. The Balaban J connectivity index is 2.95. The zero-order valence-corrected chi connectivity index (χ0v) is 10.7. The van der Waals surface area contributed by atoms with Crippen LogP contribution >= 0.6 is 27.5 Å². The van der Waals surface area contributed by atoms with E-state index in [0.29, 0.717) is 11.1 Å². The fourth-order valence-electron chi connectivity index (χ4n) is 1.01. The van der Waals surface area contributed by atoms with Gasteiger partial charge in [-0.1, -0.05) is 11.6 Å². The maximum absolute atomic E-state index is 10.7. The minimum absolute atomic E-state index is 0.163. The summed E-state index contributed by atoms with van der Waals surface area (Å²) in [5.74, 6) is 0.165. The number of methoxy groups -OCH3 is 1. The fourth-order valence-corrected chi connectivity index (χ4v) is 1.49. The van der Waals surface area contributed by atoms with Crippen LogP contribution in [-0.4, -0.2) is 25.2 Å². The highest BCUT2D eigenvalue weighted by Crippen LogP contribution is 2.35. The molecule has 0 fully saturated rings. The second-order valence-corrected chi connectivity index (χ2v) is 4.09. The van der Waals surface area contributed by atoms with Crippen LogP contribution in [0.25, 0.3) is 0 Å². The maximum Gasteiger partial charge on any atom is 0.312 e. The molecule has 0 aliphatic rings. The molecule has 0 aromatic heterocycles. The predicted molar refractivity (Wildman–Crippen MR) is 63.2 cm³/mol. The standard InChI is InChI=1S/C9H9BrClNO4/c1-15-2-3-16-9-4-6(10)7(11)5-8(9)12(13)14/h4-5H,2-3H2,1H3. The van der Waals surface area contributed by atoms with Crippen LogP contribution in [0.3, 0.4) is 0 Å². The van der Waals surface area contributed by atoms with Crippen LogP contribution in [0, 0.1) is 10.1 Å². The lowest BCUT2D eigenvalue weighted by Crippen LogP contribution is -2.06. The zero-order chi connectivity index (χ0) is 12.1. The van der Waals surface area contributed by atoms with Gasteiger partial charge in [-0.25, -0.2) is 0 Å². The van der Waals surface area contributed by atoms with Gasteiger partial charge >= 0.3 is 5.69 Å². The summed E-state index contributed by atoms with van der Waals surface area (Å²) in [5.41, 5.74) is -0.163. The normalized spacial score (nSPS) is 10.2. The van der Waals surface area contributed by atoms with Crippen LogP contribution in [0.1, 0.15) is 0 Å². The SMILES string of the molecule is COCCOc1cc(Br)c(Cl)cc1[N+](=O)[O-]. The molecular formula is C9H9BrClNO4. The van der Waals surface area contributed by atoms with Crippen LogP contribution in [0.5, 0.6) is 5.75 Å². The lowest BCUT2D eigenvalue weighted by Gasteiger charge is -2.07. The number of hydrogen-bond donors (Lipinski definition) is 0. The monoisotopic (exact) mass is 309 g/mol. The van der Waals surface area contributed by atoms with Crippen molar-refractivity contribution in [3.8, 4) is 5.75 Å². The number of nitrogens with zero attached hydrogens (tertiary/aromatic N) is 1. The maximum atomic E-state index is 10.7. The van der Waals surface area contributed by atoms with E-state index in [9.17, 15) is 10.1 Å². The Morgan fingerprint density at radius 1 is 1.50 bits per heavy atom. The molecule has 16 heavy (non-hydrogen) atoms. The van der Waals surface area contributed by atoms with E-state index < -0.39 is 4.92 Å². The molecule has 0 atom stereocenters. The molecule has 0 spiro atoms. The van der Waals surface area contributed by atoms with Crippen LogP contribution in [-0.2, 0) is 4.74 Å². The summed E-state index contributed by atoms with van der Waals surface area (Å²) in [7, 11) is 1.52. The molecule has 88 valence electrons.